The number of fused-ring (bicyclic) bond motifs is 1. The molecule has 0 aromatic heterocycles. The first-order chi connectivity index (χ1) is 8.92. The fraction of sp³-hybridized carbons (Fsp3) is 0.600. The Kier molecular flexibility index (Phi) is 5.49. The maximum atomic E-state index is 5.80. The predicted octanol–water partition coefficient (Wildman–Crippen LogP) is 2.00. The maximum Gasteiger partial charge on any atom is 0.122 e. The molecule has 0 saturated carbocycles. The Morgan fingerprint density at radius 2 is 2.00 bits per heavy atom. The summed E-state index contributed by atoms with van der Waals surface area (Å²) >= 11 is 0. The van der Waals surface area contributed by atoms with Gasteiger partial charge in [0.15, 0.2) is 0 Å². The zero-order valence-corrected chi connectivity index (χ0v) is 12.0. The van der Waals surface area contributed by atoms with Crippen molar-refractivity contribution >= 4 is 12.4 Å². The van der Waals surface area contributed by atoms with Crippen LogP contribution in [0, 0.1) is 5.92 Å². The smallest absolute Gasteiger partial charge is 0.122 e. The van der Waals surface area contributed by atoms with Gasteiger partial charge < -0.3 is 15.4 Å². The minimum absolute atomic E-state index is 0. The molecule has 0 spiro atoms. The molecule has 3 rings (SSSR count). The van der Waals surface area contributed by atoms with E-state index in [4.69, 9.17) is 4.74 Å². The van der Waals surface area contributed by atoms with E-state index in [2.05, 4.69) is 28.8 Å². The number of piperidine rings is 1. The van der Waals surface area contributed by atoms with E-state index in [9.17, 15) is 0 Å². The molecule has 1 atom stereocenters. The summed E-state index contributed by atoms with van der Waals surface area (Å²) in [6, 6.07) is 8.86. The summed E-state index contributed by atoms with van der Waals surface area (Å²) in [5.41, 5.74) is 1.34. The van der Waals surface area contributed by atoms with E-state index in [1.807, 2.05) is 6.07 Å². The van der Waals surface area contributed by atoms with Crippen molar-refractivity contribution in [1.82, 2.24) is 10.6 Å². The van der Waals surface area contributed by atoms with Gasteiger partial charge in [0, 0.05) is 6.04 Å². The van der Waals surface area contributed by atoms with Crippen molar-refractivity contribution in [3.05, 3.63) is 29.8 Å². The molecule has 0 radical (unpaired) electrons. The number of rotatable bonds is 3. The Morgan fingerprint density at radius 3 is 2.84 bits per heavy atom. The van der Waals surface area contributed by atoms with Gasteiger partial charge >= 0.3 is 0 Å². The van der Waals surface area contributed by atoms with Crippen molar-refractivity contribution in [2.45, 2.75) is 25.3 Å². The molecule has 3 nitrogen and oxygen atoms in total. The van der Waals surface area contributed by atoms with Gasteiger partial charge in [0.05, 0.1) is 0 Å². The average molecular weight is 283 g/mol. The van der Waals surface area contributed by atoms with E-state index in [-0.39, 0.29) is 12.4 Å². The molecule has 19 heavy (non-hydrogen) atoms. The van der Waals surface area contributed by atoms with Crippen LogP contribution in [0.4, 0.5) is 0 Å². The summed E-state index contributed by atoms with van der Waals surface area (Å²) in [6.07, 6.45) is 3.70. The molecule has 0 bridgehead atoms. The third-order valence-electron chi connectivity index (χ3n) is 4.03. The second kappa shape index (κ2) is 7.13. The van der Waals surface area contributed by atoms with Gasteiger partial charge in [-0.2, -0.15) is 0 Å². The van der Waals surface area contributed by atoms with Crippen LogP contribution in [0.25, 0.3) is 0 Å². The fourth-order valence-electron chi connectivity index (χ4n) is 2.88. The zero-order chi connectivity index (χ0) is 12.2. The number of hydrogen-bond acceptors (Lipinski definition) is 3. The first-order valence-corrected chi connectivity index (χ1v) is 7.06. The Hall–Kier alpha value is -0.770. The summed E-state index contributed by atoms with van der Waals surface area (Å²) in [6.45, 7) is 4.30. The first kappa shape index (κ1) is 14.6. The largest absolute Gasteiger partial charge is 0.492 e. The molecule has 4 heteroatoms. The van der Waals surface area contributed by atoms with Crippen LogP contribution in [-0.2, 0) is 6.42 Å². The summed E-state index contributed by atoms with van der Waals surface area (Å²) < 4.78 is 5.80. The molecule has 1 aromatic rings. The quantitative estimate of drug-likeness (QED) is 0.890. The van der Waals surface area contributed by atoms with E-state index in [0.717, 1.165) is 31.2 Å². The van der Waals surface area contributed by atoms with Crippen molar-refractivity contribution in [3.8, 4) is 5.75 Å². The van der Waals surface area contributed by atoms with Crippen LogP contribution >= 0.6 is 12.4 Å². The number of halogens is 1. The van der Waals surface area contributed by atoms with Gasteiger partial charge in [-0.1, -0.05) is 18.2 Å². The maximum absolute atomic E-state index is 5.80. The van der Waals surface area contributed by atoms with Crippen LogP contribution in [0.5, 0.6) is 5.75 Å². The third-order valence-corrected chi connectivity index (χ3v) is 4.03. The van der Waals surface area contributed by atoms with Gasteiger partial charge in [-0.05, 0) is 56.4 Å². The van der Waals surface area contributed by atoms with Crippen LogP contribution in [-0.4, -0.2) is 32.3 Å². The summed E-state index contributed by atoms with van der Waals surface area (Å²) in [7, 11) is 0. The molecular formula is C15H23ClN2O. The molecule has 2 N–H and O–H groups in total. The van der Waals surface area contributed by atoms with Crippen molar-refractivity contribution < 1.29 is 4.74 Å². The lowest BCUT2D eigenvalue weighted by Crippen LogP contribution is -2.43. The zero-order valence-electron chi connectivity index (χ0n) is 11.2. The molecule has 1 saturated heterocycles. The van der Waals surface area contributed by atoms with E-state index in [1.54, 1.807) is 0 Å². The van der Waals surface area contributed by atoms with Crippen LogP contribution < -0.4 is 15.4 Å². The molecule has 106 valence electrons. The van der Waals surface area contributed by atoms with Crippen LogP contribution in [0.3, 0.4) is 0 Å². The molecular weight excluding hydrogens is 260 g/mol. The van der Waals surface area contributed by atoms with E-state index in [1.165, 1.54) is 31.5 Å². The van der Waals surface area contributed by atoms with Crippen molar-refractivity contribution in [2.24, 2.45) is 5.92 Å². The lowest BCUT2D eigenvalue weighted by atomic mass is 9.97. The number of nitrogens with one attached hydrogen (secondary N) is 2. The lowest BCUT2D eigenvalue weighted by molar-refractivity contribution is 0.227. The molecule has 1 unspecified atom stereocenters. The van der Waals surface area contributed by atoms with Gasteiger partial charge in [0.1, 0.15) is 12.4 Å². The highest BCUT2D eigenvalue weighted by atomic mass is 35.5. The highest BCUT2D eigenvalue weighted by molar-refractivity contribution is 5.85. The molecule has 1 aromatic carbocycles. The van der Waals surface area contributed by atoms with Crippen LogP contribution in [0.1, 0.15) is 18.4 Å². The second-order valence-corrected chi connectivity index (χ2v) is 5.42. The van der Waals surface area contributed by atoms with Crippen molar-refractivity contribution in [3.63, 3.8) is 0 Å². The van der Waals surface area contributed by atoms with Crippen LogP contribution in [0.2, 0.25) is 0 Å². The molecule has 2 aliphatic rings. The van der Waals surface area contributed by atoms with Crippen LogP contribution in [0.15, 0.2) is 24.3 Å². The van der Waals surface area contributed by atoms with E-state index < -0.39 is 0 Å². The Morgan fingerprint density at radius 1 is 1.21 bits per heavy atom. The standard InChI is InChI=1S/C15H22N2O.ClH/c1-2-4-15-13(3-1)9-14(11-18-15)17-10-12-5-7-16-8-6-12;/h1-4,12,14,16-17H,5-11H2;1H. The summed E-state index contributed by atoms with van der Waals surface area (Å²) in [5.74, 6) is 1.90. The minimum atomic E-state index is 0. The molecule has 2 heterocycles. The van der Waals surface area contributed by atoms with Crippen molar-refractivity contribution in [1.29, 1.82) is 0 Å². The van der Waals surface area contributed by atoms with Gasteiger partial charge in [-0.25, -0.2) is 0 Å². The predicted molar refractivity (Wildman–Crippen MR) is 80.3 cm³/mol. The molecule has 0 aliphatic carbocycles. The molecule has 1 fully saturated rings. The summed E-state index contributed by atoms with van der Waals surface area (Å²) in [4.78, 5) is 0. The Balaban J connectivity index is 0.00000133. The normalized spacial score (nSPS) is 23.1. The topological polar surface area (TPSA) is 33.3 Å². The van der Waals surface area contributed by atoms with E-state index >= 15 is 0 Å². The van der Waals surface area contributed by atoms with Gasteiger partial charge in [-0.3, -0.25) is 0 Å². The number of benzene rings is 1. The number of hydrogen-bond donors (Lipinski definition) is 2. The third kappa shape index (κ3) is 3.85. The molecule has 0 amide bonds. The van der Waals surface area contributed by atoms with Gasteiger partial charge in [0.25, 0.3) is 0 Å². The summed E-state index contributed by atoms with van der Waals surface area (Å²) in [5, 5.41) is 7.09. The highest BCUT2D eigenvalue weighted by Crippen LogP contribution is 2.24. The second-order valence-electron chi connectivity index (χ2n) is 5.42. The number of para-hydroxylation sites is 1. The highest BCUT2D eigenvalue weighted by Gasteiger charge is 2.20. The monoisotopic (exact) mass is 282 g/mol. The first-order valence-electron chi connectivity index (χ1n) is 7.06. The van der Waals surface area contributed by atoms with Crippen molar-refractivity contribution in [2.75, 3.05) is 26.2 Å². The SMILES string of the molecule is Cl.c1ccc2c(c1)CC(NCC1CCNCC1)CO2. The lowest BCUT2D eigenvalue weighted by Gasteiger charge is -2.29. The van der Waals surface area contributed by atoms with Gasteiger partial charge in [0.2, 0.25) is 0 Å². The number of ether oxygens (including phenoxy) is 1. The molecule has 2 aliphatic heterocycles. The fourth-order valence-corrected chi connectivity index (χ4v) is 2.88. The minimum Gasteiger partial charge on any atom is -0.492 e. The Bertz CT molecular complexity index is 393. The Labute approximate surface area is 121 Å². The average Bonchev–Trinajstić information content (AvgIpc) is 2.46. The van der Waals surface area contributed by atoms with E-state index in [0.29, 0.717) is 6.04 Å². The van der Waals surface area contributed by atoms with Gasteiger partial charge in [-0.15, -0.1) is 12.4 Å².